The van der Waals surface area contributed by atoms with Gasteiger partial charge in [0.25, 0.3) is 5.56 Å². The fourth-order valence-corrected chi connectivity index (χ4v) is 3.45. The van der Waals surface area contributed by atoms with Gasteiger partial charge < -0.3 is 9.88 Å². The summed E-state index contributed by atoms with van der Waals surface area (Å²) in [6.45, 7) is 4.22. The third-order valence-electron chi connectivity index (χ3n) is 4.75. The van der Waals surface area contributed by atoms with Crippen LogP contribution in [0.3, 0.4) is 0 Å². The van der Waals surface area contributed by atoms with E-state index in [-0.39, 0.29) is 11.6 Å². The Morgan fingerprint density at radius 3 is 2.84 bits per heavy atom. The smallest absolute Gasteiger partial charge is 0.269 e. The molecular weight excluding hydrogens is 314 g/mol. The Bertz CT molecular complexity index is 908. The van der Waals surface area contributed by atoms with E-state index >= 15 is 0 Å². The Kier molecular flexibility index (Phi) is 4.54. The van der Waals surface area contributed by atoms with E-state index in [0.29, 0.717) is 6.54 Å². The average molecular weight is 335 g/mol. The number of pyridine rings is 1. The molecule has 1 saturated heterocycles. The van der Waals surface area contributed by atoms with Crippen LogP contribution in [0.5, 0.6) is 0 Å². The summed E-state index contributed by atoms with van der Waals surface area (Å²) in [6, 6.07) is 14.0. The largest absolute Gasteiger partial charge is 0.313 e. The van der Waals surface area contributed by atoms with Crippen molar-refractivity contribution in [1.82, 2.24) is 24.8 Å². The first-order valence-electron chi connectivity index (χ1n) is 8.63. The number of benzene rings is 1. The van der Waals surface area contributed by atoms with Crippen LogP contribution in [-0.4, -0.2) is 45.6 Å². The minimum atomic E-state index is -0.0526. The third-order valence-corrected chi connectivity index (χ3v) is 4.75. The molecule has 4 rings (SSSR count). The van der Waals surface area contributed by atoms with E-state index in [2.05, 4.69) is 26.3 Å². The zero-order valence-electron chi connectivity index (χ0n) is 14.0. The van der Waals surface area contributed by atoms with Gasteiger partial charge in [0.1, 0.15) is 0 Å². The molecule has 0 amide bonds. The minimum Gasteiger partial charge on any atom is -0.313 e. The zero-order chi connectivity index (χ0) is 17.1. The van der Waals surface area contributed by atoms with Crippen LogP contribution in [0.15, 0.2) is 59.7 Å². The van der Waals surface area contributed by atoms with Crippen LogP contribution in [0.4, 0.5) is 0 Å². The highest BCUT2D eigenvalue weighted by molar-refractivity contribution is 5.74. The van der Waals surface area contributed by atoms with Crippen LogP contribution in [0, 0.1) is 0 Å². The second kappa shape index (κ2) is 7.13. The molecule has 128 valence electrons. The molecule has 0 spiro atoms. The van der Waals surface area contributed by atoms with Crippen LogP contribution in [0.25, 0.3) is 11.0 Å². The molecule has 0 aliphatic carbocycles. The number of rotatable bonds is 4. The molecule has 6 nitrogen and oxygen atoms in total. The maximum Gasteiger partial charge on any atom is 0.269 e. The van der Waals surface area contributed by atoms with Gasteiger partial charge >= 0.3 is 0 Å². The highest BCUT2D eigenvalue weighted by Crippen LogP contribution is 2.20. The third kappa shape index (κ3) is 3.31. The topological polar surface area (TPSA) is 63.1 Å². The van der Waals surface area contributed by atoms with Crippen molar-refractivity contribution in [2.45, 2.75) is 12.6 Å². The van der Waals surface area contributed by atoms with E-state index in [9.17, 15) is 4.79 Å². The van der Waals surface area contributed by atoms with Gasteiger partial charge in [0, 0.05) is 38.9 Å². The minimum absolute atomic E-state index is 0.0526. The summed E-state index contributed by atoms with van der Waals surface area (Å²) >= 11 is 0. The molecule has 2 aromatic heterocycles. The molecule has 0 radical (unpaired) electrons. The molecule has 3 aromatic rings. The van der Waals surface area contributed by atoms with Gasteiger partial charge in [0.2, 0.25) is 0 Å². The maximum atomic E-state index is 12.3. The summed E-state index contributed by atoms with van der Waals surface area (Å²) in [4.78, 5) is 23.5. The Morgan fingerprint density at radius 2 is 1.96 bits per heavy atom. The molecule has 1 aromatic carbocycles. The predicted molar refractivity (Wildman–Crippen MR) is 97.4 cm³/mol. The van der Waals surface area contributed by atoms with Crippen molar-refractivity contribution in [3.05, 3.63) is 70.9 Å². The first-order chi connectivity index (χ1) is 12.3. The number of piperazine rings is 1. The monoisotopic (exact) mass is 335 g/mol. The average Bonchev–Trinajstić information content (AvgIpc) is 2.68. The van der Waals surface area contributed by atoms with Crippen LogP contribution >= 0.6 is 0 Å². The van der Waals surface area contributed by atoms with Crippen molar-refractivity contribution in [3.8, 4) is 0 Å². The van der Waals surface area contributed by atoms with Gasteiger partial charge in [-0.25, -0.2) is 4.98 Å². The van der Waals surface area contributed by atoms with E-state index in [0.717, 1.165) is 42.9 Å². The fraction of sp³-hybridized carbons (Fsp3) is 0.316. The maximum absolute atomic E-state index is 12.3. The van der Waals surface area contributed by atoms with Gasteiger partial charge in [0.15, 0.2) is 0 Å². The number of nitrogens with zero attached hydrogens (tertiary/aromatic N) is 4. The lowest BCUT2D eigenvalue weighted by molar-refractivity contribution is 0.153. The van der Waals surface area contributed by atoms with Crippen LogP contribution in [0.1, 0.15) is 11.7 Å². The van der Waals surface area contributed by atoms with Crippen LogP contribution in [0.2, 0.25) is 0 Å². The number of para-hydroxylation sites is 2. The molecule has 1 atom stereocenters. The lowest BCUT2D eigenvalue weighted by Gasteiger charge is -2.36. The molecular formula is C19H21N5O. The lowest BCUT2D eigenvalue weighted by atomic mass is 10.1. The highest BCUT2D eigenvalue weighted by Gasteiger charge is 2.24. The molecule has 0 saturated carbocycles. The van der Waals surface area contributed by atoms with E-state index in [1.165, 1.54) is 6.20 Å². The number of hydrogen-bond acceptors (Lipinski definition) is 5. The van der Waals surface area contributed by atoms with Crippen LogP contribution < -0.4 is 10.9 Å². The van der Waals surface area contributed by atoms with Gasteiger partial charge in [-0.05, 0) is 24.3 Å². The molecule has 1 fully saturated rings. The van der Waals surface area contributed by atoms with E-state index in [1.807, 2.05) is 47.2 Å². The molecule has 0 bridgehead atoms. The van der Waals surface area contributed by atoms with Gasteiger partial charge in [-0.15, -0.1) is 0 Å². The van der Waals surface area contributed by atoms with Crippen LogP contribution in [-0.2, 0) is 6.54 Å². The first-order valence-corrected chi connectivity index (χ1v) is 8.63. The molecule has 1 N–H and O–H groups in total. The van der Waals surface area contributed by atoms with E-state index in [4.69, 9.17) is 0 Å². The normalized spacial score (nSPS) is 18.5. The molecule has 25 heavy (non-hydrogen) atoms. The summed E-state index contributed by atoms with van der Waals surface area (Å²) in [5.74, 6) is 0. The number of hydrogen-bond donors (Lipinski definition) is 1. The van der Waals surface area contributed by atoms with Crippen molar-refractivity contribution in [2.75, 3.05) is 26.2 Å². The fourth-order valence-electron chi connectivity index (χ4n) is 3.45. The van der Waals surface area contributed by atoms with Crippen molar-refractivity contribution in [3.63, 3.8) is 0 Å². The summed E-state index contributed by atoms with van der Waals surface area (Å²) in [5, 5.41) is 3.44. The standard InChI is InChI=1S/C19H21N5O/c25-19-14-22-15-5-1-2-7-17(15)24(19)12-11-23-10-9-20-13-18(23)16-6-3-4-8-21-16/h1-8,14,18,20H,9-13H2. The Labute approximate surface area is 146 Å². The summed E-state index contributed by atoms with van der Waals surface area (Å²) in [7, 11) is 0. The van der Waals surface area contributed by atoms with Crippen molar-refractivity contribution in [1.29, 1.82) is 0 Å². The molecule has 1 aliphatic heterocycles. The first kappa shape index (κ1) is 15.9. The molecule has 3 heterocycles. The van der Waals surface area contributed by atoms with Gasteiger partial charge in [-0.1, -0.05) is 18.2 Å². The van der Waals surface area contributed by atoms with E-state index < -0.39 is 0 Å². The molecule has 1 aliphatic rings. The summed E-state index contributed by atoms with van der Waals surface area (Å²) in [6.07, 6.45) is 3.25. The Hall–Kier alpha value is -2.57. The number of aromatic nitrogens is 3. The molecule has 1 unspecified atom stereocenters. The summed E-state index contributed by atoms with van der Waals surface area (Å²) in [5.41, 5.74) is 2.76. The Balaban J connectivity index is 1.58. The van der Waals surface area contributed by atoms with Crippen molar-refractivity contribution < 1.29 is 0 Å². The number of nitrogens with one attached hydrogen (secondary N) is 1. The van der Waals surface area contributed by atoms with Gasteiger partial charge in [0.05, 0.1) is 29.0 Å². The lowest BCUT2D eigenvalue weighted by Crippen LogP contribution is -2.47. The quantitative estimate of drug-likeness (QED) is 0.782. The second-order valence-electron chi connectivity index (χ2n) is 6.25. The van der Waals surface area contributed by atoms with Crippen molar-refractivity contribution in [2.24, 2.45) is 0 Å². The Morgan fingerprint density at radius 1 is 1.08 bits per heavy atom. The van der Waals surface area contributed by atoms with Crippen molar-refractivity contribution >= 4 is 11.0 Å². The zero-order valence-corrected chi connectivity index (χ0v) is 14.0. The summed E-state index contributed by atoms with van der Waals surface area (Å²) < 4.78 is 1.82. The molecule has 6 heteroatoms. The van der Waals surface area contributed by atoms with E-state index in [1.54, 1.807) is 0 Å². The van der Waals surface area contributed by atoms with Gasteiger partial charge in [-0.3, -0.25) is 14.7 Å². The SMILES string of the molecule is O=c1cnc2ccccc2n1CCN1CCNCC1c1ccccn1. The number of fused-ring (bicyclic) bond motifs is 1. The predicted octanol–water partition coefficient (Wildman–Crippen LogP) is 1.44. The second-order valence-corrected chi connectivity index (χ2v) is 6.25. The van der Waals surface area contributed by atoms with Gasteiger partial charge in [-0.2, -0.15) is 0 Å². The highest BCUT2D eigenvalue weighted by atomic mass is 16.1.